The van der Waals surface area contributed by atoms with Crippen LogP contribution in [0.4, 0.5) is 0 Å². The fourth-order valence-electron chi connectivity index (χ4n) is 2.14. The van der Waals surface area contributed by atoms with Crippen LogP contribution in [0.25, 0.3) is 0 Å². The van der Waals surface area contributed by atoms with Crippen LogP contribution in [0.15, 0.2) is 60.7 Å². The Morgan fingerprint density at radius 1 is 0.944 bits per heavy atom. The third kappa shape index (κ3) is 3.45. The number of carbonyl (C=O) groups is 1. The van der Waals surface area contributed by atoms with E-state index in [2.05, 4.69) is 0 Å². The standard InChI is InChI=1S/C16H16O2/c17-16(18)12-15(14-9-5-2-6-10-14)11-13-7-3-1-4-8-13/h1-10,15H,11-12H2,(H,17,18)/t15-/m0/s1. The monoisotopic (exact) mass is 240 g/mol. The van der Waals surface area contributed by atoms with Gasteiger partial charge in [-0.05, 0) is 23.5 Å². The third-order valence-electron chi connectivity index (χ3n) is 3.02. The first-order chi connectivity index (χ1) is 8.75. The van der Waals surface area contributed by atoms with Crippen molar-refractivity contribution in [2.24, 2.45) is 0 Å². The Bertz CT molecular complexity index is 491. The maximum absolute atomic E-state index is 11.0. The highest BCUT2D eigenvalue weighted by Gasteiger charge is 2.15. The molecule has 0 fully saturated rings. The molecule has 0 saturated carbocycles. The van der Waals surface area contributed by atoms with Crippen molar-refractivity contribution in [3.63, 3.8) is 0 Å². The van der Waals surface area contributed by atoms with Gasteiger partial charge in [-0.2, -0.15) is 0 Å². The number of carboxylic acid groups (broad SMARTS) is 1. The zero-order chi connectivity index (χ0) is 12.8. The Kier molecular flexibility index (Phi) is 4.13. The summed E-state index contributed by atoms with van der Waals surface area (Å²) in [6, 6.07) is 19.9. The van der Waals surface area contributed by atoms with Crippen molar-refractivity contribution < 1.29 is 9.90 Å². The predicted octanol–water partition coefficient (Wildman–Crippen LogP) is 3.49. The first kappa shape index (κ1) is 12.4. The van der Waals surface area contributed by atoms with Crippen LogP contribution >= 0.6 is 0 Å². The van der Waals surface area contributed by atoms with E-state index in [9.17, 15) is 4.79 Å². The molecule has 2 nitrogen and oxygen atoms in total. The molecule has 1 N–H and O–H groups in total. The molecule has 0 spiro atoms. The van der Waals surface area contributed by atoms with Gasteiger partial charge in [0.1, 0.15) is 0 Å². The summed E-state index contributed by atoms with van der Waals surface area (Å²) in [7, 11) is 0. The van der Waals surface area contributed by atoms with Crippen molar-refractivity contribution in [2.75, 3.05) is 0 Å². The first-order valence-corrected chi connectivity index (χ1v) is 6.06. The second-order valence-corrected chi connectivity index (χ2v) is 4.40. The molecular formula is C16H16O2. The highest BCUT2D eigenvalue weighted by molar-refractivity contribution is 5.68. The quantitative estimate of drug-likeness (QED) is 0.868. The lowest BCUT2D eigenvalue weighted by molar-refractivity contribution is -0.137. The maximum Gasteiger partial charge on any atom is 0.303 e. The van der Waals surface area contributed by atoms with Crippen LogP contribution in [0.5, 0.6) is 0 Å². The molecule has 0 saturated heterocycles. The van der Waals surface area contributed by atoms with Crippen LogP contribution in [0.2, 0.25) is 0 Å². The molecule has 0 aromatic heterocycles. The van der Waals surface area contributed by atoms with E-state index in [1.54, 1.807) is 0 Å². The average molecular weight is 240 g/mol. The minimum absolute atomic E-state index is 0.0334. The van der Waals surface area contributed by atoms with E-state index in [1.807, 2.05) is 60.7 Å². The van der Waals surface area contributed by atoms with Gasteiger partial charge in [0.15, 0.2) is 0 Å². The molecule has 92 valence electrons. The Morgan fingerprint density at radius 2 is 1.50 bits per heavy atom. The number of rotatable bonds is 5. The summed E-state index contributed by atoms with van der Waals surface area (Å²) in [4.78, 5) is 11.0. The molecule has 2 rings (SSSR count). The van der Waals surface area contributed by atoms with Crippen molar-refractivity contribution in [1.82, 2.24) is 0 Å². The van der Waals surface area contributed by atoms with Gasteiger partial charge >= 0.3 is 5.97 Å². The van der Waals surface area contributed by atoms with Crippen molar-refractivity contribution in [3.8, 4) is 0 Å². The molecule has 0 heterocycles. The van der Waals surface area contributed by atoms with Gasteiger partial charge in [0, 0.05) is 0 Å². The Labute approximate surface area is 107 Å². The molecular weight excluding hydrogens is 224 g/mol. The topological polar surface area (TPSA) is 37.3 Å². The maximum atomic E-state index is 11.0. The molecule has 18 heavy (non-hydrogen) atoms. The first-order valence-electron chi connectivity index (χ1n) is 6.06. The van der Waals surface area contributed by atoms with Crippen LogP contribution in [0.3, 0.4) is 0 Å². The largest absolute Gasteiger partial charge is 0.481 e. The Morgan fingerprint density at radius 3 is 2.06 bits per heavy atom. The van der Waals surface area contributed by atoms with Crippen LogP contribution in [0.1, 0.15) is 23.5 Å². The summed E-state index contributed by atoms with van der Waals surface area (Å²) in [5.41, 5.74) is 2.26. The Balaban J connectivity index is 2.18. The molecule has 2 heteroatoms. The van der Waals surface area contributed by atoms with Gasteiger partial charge in [-0.3, -0.25) is 4.79 Å². The molecule has 1 atom stereocenters. The van der Waals surface area contributed by atoms with Gasteiger partial charge in [0.05, 0.1) is 6.42 Å². The lowest BCUT2D eigenvalue weighted by Crippen LogP contribution is -2.09. The third-order valence-corrected chi connectivity index (χ3v) is 3.02. The van der Waals surface area contributed by atoms with E-state index in [0.717, 1.165) is 12.0 Å². The van der Waals surface area contributed by atoms with E-state index >= 15 is 0 Å². The van der Waals surface area contributed by atoms with Gasteiger partial charge < -0.3 is 5.11 Å². The van der Waals surface area contributed by atoms with Crippen LogP contribution in [0, 0.1) is 0 Å². The SMILES string of the molecule is O=C(O)C[C@H](Cc1ccccc1)c1ccccc1. The highest BCUT2D eigenvalue weighted by Crippen LogP contribution is 2.24. The van der Waals surface area contributed by atoms with Crippen LogP contribution < -0.4 is 0 Å². The van der Waals surface area contributed by atoms with Gasteiger partial charge in [-0.15, -0.1) is 0 Å². The minimum atomic E-state index is -0.750. The zero-order valence-corrected chi connectivity index (χ0v) is 10.1. The van der Waals surface area contributed by atoms with Gasteiger partial charge in [0.2, 0.25) is 0 Å². The number of aliphatic carboxylic acids is 1. The van der Waals surface area contributed by atoms with E-state index in [-0.39, 0.29) is 12.3 Å². The fourth-order valence-corrected chi connectivity index (χ4v) is 2.14. The second-order valence-electron chi connectivity index (χ2n) is 4.40. The Hall–Kier alpha value is -2.09. The molecule has 2 aromatic rings. The highest BCUT2D eigenvalue weighted by atomic mass is 16.4. The number of benzene rings is 2. The molecule has 0 aliphatic heterocycles. The van der Waals surface area contributed by atoms with E-state index in [0.29, 0.717) is 0 Å². The lowest BCUT2D eigenvalue weighted by atomic mass is 9.89. The smallest absolute Gasteiger partial charge is 0.303 e. The minimum Gasteiger partial charge on any atom is -0.481 e. The zero-order valence-electron chi connectivity index (χ0n) is 10.1. The van der Waals surface area contributed by atoms with E-state index in [4.69, 9.17) is 5.11 Å². The second kappa shape index (κ2) is 6.01. The van der Waals surface area contributed by atoms with Crippen molar-refractivity contribution in [3.05, 3.63) is 71.8 Å². The summed E-state index contributed by atoms with van der Waals surface area (Å²) in [5, 5.41) is 9.02. The predicted molar refractivity (Wildman–Crippen MR) is 71.6 cm³/mol. The van der Waals surface area contributed by atoms with E-state index in [1.165, 1.54) is 5.56 Å². The molecule has 0 bridgehead atoms. The number of carboxylic acids is 1. The van der Waals surface area contributed by atoms with Crippen molar-refractivity contribution >= 4 is 5.97 Å². The molecule has 0 aliphatic carbocycles. The normalized spacial score (nSPS) is 12.0. The van der Waals surface area contributed by atoms with Gasteiger partial charge in [0.25, 0.3) is 0 Å². The van der Waals surface area contributed by atoms with E-state index < -0.39 is 5.97 Å². The summed E-state index contributed by atoms with van der Waals surface area (Å²) in [6.07, 6.45) is 0.927. The lowest BCUT2D eigenvalue weighted by Gasteiger charge is -2.15. The summed E-state index contributed by atoms with van der Waals surface area (Å²) in [5.74, 6) is -0.717. The van der Waals surface area contributed by atoms with Gasteiger partial charge in [-0.25, -0.2) is 0 Å². The molecule has 2 aromatic carbocycles. The molecule has 0 radical (unpaired) electrons. The number of hydrogen-bond acceptors (Lipinski definition) is 1. The van der Waals surface area contributed by atoms with Gasteiger partial charge in [-0.1, -0.05) is 60.7 Å². The molecule has 0 unspecified atom stereocenters. The van der Waals surface area contributed by atoms with Crippen LogP contribution in [-0.2, 0) is 11.2 Å². The summed E-state index contributed by atoms with van der Waals surface area (Å²) >= 11 is 0. The van der Waals surface area contributed by atoms with Crippen molar-refractivity contribution in [1.29, 1.82) is 0 Å². The fraction of sp³-hybridized carbons (Fsp3) is 0.188. The number of hydrogen-bond donors (Lipinski definition) is 1. The van der Waals surface area contributed by atoms with Crippen molar-refractivity contribution in [2.45, 2.75) is 18.8 Å². The molecule has 0 aliphatic rings. The average Bonchev–Trinajstić information content (AvgIpc) is 2.40. The molecule has 0 amide bonds. The summed E-state index contributed by atoms with van der Waals surface area (Å²) in [6.45, 7) is 0. The van der Waals surface area contributed by atoms with Crippen LogP contribution in [-0.4, -0.2) is 11.1 Å². The summed E-state index contributed by atoms with van der Waals surface area (Å²) < 4.78 is 0.